The molecule has 2 aromatic carbocycles. The summed E-state index contributed by atoms with van der Waals surface area (Å²) in [6.07, 6.45) is 0. The molecular formula is C14H9ClO4. The fourth-order valence-corrected chi connectivity index (χ4v) is 2.34. The Labute approximate surface area is 113 Å². The van der Waals surface area contributed by atoms with Gasteiger partial charge in [0.1, 0.15) is 23.7 Å². The molecule has 5 heteroatoms. The Morgan fingerprint density at radius 3 is 2.74 bits per heavy atom. The summed E-state index contributed by atoms with van der Waals surface area (Å²) in [6.45, 7) is 0.289. The number of halogens is 1. The molecule has 0 fully saturated rings. The van der Waals surface area contributed by atoms with Crippen molar-refractivity contribution in [2.75, 3.05) is 0 Å². The first-order valence-electron chi connectivity index (χ1n) is 5.58. The predicted octanol–water partition coefficient (Wildman–Crippen LogP) is 3.30. The van der Waals surface area contributed by atoms with Gasteiger partial charge < -0.3 is 14.9 Å². The van der Waals surface area contributed by atoms with Gasteiger partial charge in [-0.2, -0.15) is 0 Å². The van der Waals surface area contributed by atoms with E-state index in [2.05, 4.69) is 0 Å². The van der Waals surface area contributed by atoms with Gasteiger partial charge in [0, 0.05) is 16.1 Å². The number of fused-ring (bicyclic) bond motifs is 3. The van der Waals surface area contributed by atoms with Crippen LogP contribution in [0.25, 0.3) is 11.1 Å². The van der Waals surface area contributed by atoms with Gasteiger partial charge in [0.25, 0.3) is 0 Å². The first-order valence-corrected chi connectivity index (χ1v) is 5.96. The molecule has 0 atom stereocenters. The summed E-state index contributed by atoms with van der Waals surface area (Å²) < 4.78 is 5.54. The zero-order chi connectivity index (χ0) is 13.6. The van der Waals surface area contributed by atoms with Crippen molar-refractivity contribution in [3.8, 4) is 22.6 Å². The largest absolute Gasteiger partial charge is 0.507 e. The summed E-state index contributed by atoms with van der Waals surface area (Å²) in [5.74, 6) is -0.783. The minimum absolute atomic E-state index is 0.133. The molecule has 1 aliphatic rings. The smallest absolute Gasteiger partial charge is 0.339 e. The van der Waals surface area contributed by atoms with Crippen LogP contribution in [0.15, 0.2) is 30.3 Å². The van der Waals surface area contributed by atoms with E-state index < -0.39 is 5.97 Å². The van der Waals surface area contributed by atoms with Gasteiger partial charge >= 0.3 is 5.97 Å². The summed E-state index contributed by atoms with van der Waals surface area (Å²) in [6, 6.07) is 8.04. The first-order chi connectivity index (χ1) is 9.06. The lowest BCUT2D eigenvalue weighted by atomic mass is 9.94. The van der Waals surface area contributed by atoms with Crippen LogP contribution in [-0.2, 0) is 6.61 Å². The van der Waals surface area contributed by atoms with Gasteiger partial charge in [-0.05, 0) is 35.9 Å². The van der Waals surface area contributed by atoms with Crippen LogP contribution in [0.2, 0.25) is 5.02 Å². The van der Waals surface area contributed by atoms with E-state index in [4.69, 9.17) is 21.4 Å². The molecule has 0 amide bonds. The van der Waals surface area contributed by atoms with Crippen LogP contribution in [-0.4, -0.2) is 16.2 Å². The molecule has 0 aromatic heterocycles. The number of rotatable bonds is 1. The molecule has 0 bridgehead atoms. The summed E-state index contributed by atoms with van der Waals surface area (Å²) >= 11 is 5.96. The van der Waals surface area contributed by atoms with E-state index in [0.29, 0.717) is 10.8 Å². The third-order valence-corrected chi connectivity index (χ3v) is 3.30. The molecule has 1 heterocycles. The molecule has 0 saturated carbocycles. The SMILES string of the molecule is O=C(O)c1cc2c(cc1O)COc1ccc(Cl)cc1-2. The van der Waals surface area contributed by atoms with Crippen molar-refractivity contribution < 1.29 is 19.7 Å². The minimum Gasteiger partial charge on any atom is -0.507 e. The maximum Gasteiger partial charge on any atom is 0.339 e. The average molecular weight is 277 g/mol. The number of hydrogen-bond donors (Lipinski definition) is 2. The van der Waals surface area contributed by atoms with Gasteiger partial charge in [0.05, 0.1) is 0 Å². The van der Waals surface area contributed by atoms with Crippen molar-refractivity contribution in [1.82, 2.24) is 0 Å². The van der Waals surface area contributed by atoms with Crippen molar-refractivity contribution in [1.29, 1.82) is 0 Å². The molecule has 0 aliphatic carbocycles. The molecule has 3 rings (SSSR count). The second-order valence-electron chi connectivity index (χ2n) is 4.26. The molecule has 0 unspecified atom stereocenters. The predicted molar refractivity (Wildman–Crippen MR) is 69.8 cm³/mol. The third-order valence-electron chi connectivity index (χ3n) is 3.07. The van der Waals surface area contributed by atoms with Crippen molar-refractivity contribution in [2.45, 2.75) is 6.61 Å². The Bertz CT molecular complexity index is 694. The number of phenols is 1. The number of carboxylic acids is 1. The molecule has 1 aliphatic heterocycles. The lowest BCUT2D eigenvalue weighted by Crippen LogP contribution is -2.07. The maximum absolute atomic E-state index is 11.1. The van der Waals surface area contributed by atoms with E-state index in [1.54, 1.807) is 18.2 Å². The highest BCUT2D eigenvalue weighted by atomic mass is 35.5. The number of aromatic hydroxyl groups is 1. The Hall–Kier alpha value is -2.20. The molecule has 0 spiro atoms. The van der Waals surface area contributed by atoms with E-state index in [9.17, 15) is 9.90 Å². The molecule has 0 radical (unpaired) electrons. The normalized spacial score (nSPS) is 12.3. The summed E-state index contributed by atoms with van der Waals surface area (Å²) in [7, 11) is 0. The second kappa shape index (κ2) is 4.17. The van der Waals surface area contributed by atoms with Gasteiger partial charge in [-0.25, -0.2) is 4.79 Å². The van der Waals surface area contributed by atoms with Gasteiger partial charge in [-0.15, -0.1) is 0 Å². The Kier molecular flexibility index (Phi) is 2.61. The zero-order valence-electron chi connectivity index (χ0n) is 9.68. The Balaban J connectivity index is 2.27. The summed E-state index contributed by atoms with van der Waals surface area (Å²) in [4.78, 5) is 11.1. The number of carboxylic acid groups (broad SMARTS) is 1. The number of ether oxygens (including phenoxy) is 1. The fourth-order valence-electron chi connectivity index (χ4n) is 2.17. The molecule has 4 nitrogen and oxygen atoms in total. The fraction of sp³-hybridized carbons (Fsp3) is 0.0714. The van der Waals surface area contributed by atoms with E-state index in [0.717, 1.165) is 16.7 Å². The van der Waals surface area contributed by atoms with Crippen LogP contribution < -0.4 is 4.74 Å². The van der Waals surface area contributed by atoms with Gasteiger partial charge in [-0.1, -0.05) is 11.6 Å². The molecule has 0 saturated heterocycles. The van der Waals surface area contributed by atoms with Crippen LogP contribution in [0.4, 0.5) is 0 Å². The third kappa shape index (κ3) is 1.90. The topological polar surface area (TPSA) is 66.8 Å². The standard InChI is InChI=1S/C14H9ClO4/c15-8-1-2-13-10(4-8)9-5-11(14(17)18)12(16)3-7(9)6-19-13/h1-5,16H,6H2,(H,17,18). The van der Waals surface area contributed by atoms with Crippen molar-refractivity contribution >= 4 is 17.6 Å². The van der Waals surface area contributed by atoms with E-state index >= 15 is 0 Å². The molecule has 2 aromatic rings. The quantitative estimate of drug-likeness (QED) is 0.839. The number of benzene rings is 2. The molecule has 19 heavy (non-hydrogen) atoms. The number of carbonyl (C=O) groups is 1. The zero-order valence-corrected chi connectivity index (χ0v) is 10.4. The van der Waals surface area contributed by atoms with Crippen LogP contribution in [0.1, 0.15) is 15.9 Å². The van der Waals surface area contributed by atoms with Crippen molar-refractivity contribution in [3.05, 3.63) is 46.5 Å². The van der Waals surface area contributed by atoms with Crippen LogP contribution in [0.5, 0.6) is 11.5 Å². The van der Waals surface area contributed by atoms with E-state index in [-0.39, 0.29) is 17.9 Å². The second-order valence-corrected chi connectivity index (χ2v) is 4.70. The molecule has 2 N–H and O–H groups in total. The maximum atomic E-state index is 11.1. The highest BCUT2D eigenvalue weighted by Crippen LogP contribution is 2.41. The van der Waals surface area contributed by atoms with Gasteiger partial charge in [0.15, 0.2) is 0 Å². The lowest BCUT2D eigenvalue weighted by Gasteiger charge is -2.21. The van der Waals surface area contributed by atoms with Crippen LogP contribution in [0.3, 0.4) is 0 Å². The van der Waals surface area contributed by atoms with Crippen LogP contribution in [0, 0.1) is 0 Å². The molecule has 96 valence electrons. The van der Waals surface area contributed by atoms with Crippen molar-refractivity contribution in [3.63, 3.8) is 0 Å². The van der Waals surface area contributed by atoms with Crippen molar-refractivity contribution in [2.24, 2.45) is 0 Å². The summed E-state index contributed by atoms with van der Waals surface area (Å²) in [5, 5.41) is 19.3. The Morgan fingerprint density at radius 2 is 2.00 bits per heavy atom. The van der Waals surface area contributed by atoms with Gasteiger partial charge in [-0.3, -0.25) is 0 Å². The highest BCUT2D eigenvalue weighted by Gasteiger charge is 2.21. The average Bonchev–Trinajstić information content (AvgIpc) is 2.37. The minimum atomic E-state index is -1.17. The van der Waals surface area contributed by atoms with Crippen LogP contribution >= 0.6 is 11.6 Å². The number of aromatic carboxylic acids is 1. The number of hydrogen-bond acceptors (Lipinski definition) is 3. The highest BCUT2D eigenvalue weighted by molar-refractivity contribution is 6.31. The van der Waals surface area contributed by atoms with Gasteiger partial charge in [0.2, 0.25) is 0 Å². The summed E-state index contributed by atoms with van der Waals surface area (Å²) in [5.41, 5.74) is 2.05. The first kappa shape index (κ1) is 11.9. The Morgan fingerprint density at radius 1 is 1.21 bits per heavy atom. The lowest BCUT2D eigenvalue weighted by molar-refractivity contribution is 0.0693. The monoisotopic (exact) mass is 276 g/mol. The van der Waals surface area contributed by atoms with E-state index in [1.807, 2.05) is 0 Å². The van der Waals surface area contributed by atoms with E-state index in [1.165, 1.54) is 12.1 Å². The molecular weight excluding hydrogens is 268 g/mol.